The van der Waals surface area contributed by atoms with Crippen LogP contribution in [-0.4, -0.2) is 54.5 Å². The smallest absolute Gasteiger partial charge is 0.260 e. The molecule has 0 spiro atoms. The second-order valence-corrected chi connectivity index (χ2v) is 9.66. The number of ether oxygens (including phenoxy) is 1. The summed E-state index contributed by atoms with van der Waals surface area (Å²) in [6.07, 6.45) is 2.47. The van der Waals surface area contributed by atoms with Crippen LogP contribution in [0.2, 0.25) is 5.02 Å². The molecule has 1 amide bonds. The molecule has 2 aromatic carbocycles. The Hall–Kier alpha value is -2.30. The zero-order valence-electron chi connectivity index (χ0n) is 16.9. The van der Waals surface area contributed by atoms with Gasteiger partial charge in [-0.25, -0.2) is 13.8 Å². The first-order valence-corrected chi connectivity index (χ1v) is 11.6. The Bertz CT molecular complexity index is 1060. The van der Waals surface area contributed by atoms with E-state index < -0.39 is 22.5 Å². The minimum Gasteiger partial charge on any atom is -0.495 e. The van der Waals surface area contributed by atoms with Gasteiger partial charge in [0.25, 0.3) is 5.91 Å². The lowest BCUT2D eigenvalue weighted by Crippen LogP contribution is -2.39. The number of hydrogen-bond donors (Lipinski definition) is 1. The van der Waals surface area contributed by atoms with E-state index in [-0.39, 0.29) is 10.7 Å². The van der Waals surface area contributed by atoms with Gasteiger partial charge in [-0.1, -0.05) is 17.7 Å². The normalized spacial score (nSPS) is 11.4. The molecule has 30 heavy (non-hydrogen) atoms. The van der Waals surface area contributed by atoms with Gasteiger partial charge >= 0.3 is 0 Å². The highest BCUT2D eigenvalue weighted by atomic mass is 79.9. The van der Waals surface area contributed by atoms with Crippen molar-refractivity contribution in [1.29, 1.82) is 0 Å². The fraction of sp³-hybridized carbons (Fsp3) is 0.263. The highest BCUT2D eigenvalue weighted by Gasteiger charge is 2.21. The average Bonchev–Trinajstić information content (AvgIpc) is 2.65. The summed E-state index contributed by atoms with van der Waals surface area (Å²) >= 11 is 9.56. The van der Waals surface area contributed by atoms with E-state index in [0.717, 1.165) is 26.3 Å². The van der Waals surface area contributed by atoms with Gasteiger partial charge in [0, 0.05) is 18.6 Å². The van der Waals surface area contributed by atoms with Gasteiger partial charge in [0.15, 0.2) is 0 Å². The van der Waals surface area contributed by atoms with Crippen LogP contribution in [0.4, 0.5) is 11.4 Å². The summed E-state index contributed by atoms with van der Waals surface area (Å²) in [6, 6.07) is 10.1. The van der Waals surface area contributed by atoms with E-state index in [2.05, 4.69) is 26.5 Å². The van der Waals surface area contributed by atoms with Gasteiger partial charge in [0.2, 0.25) is 10.0 Å². The predicted molar refractivity (Wildman–Crippen MR) is 124 cm³/mol. The number of hydrogen-bond acceptors (Lipinski definition) is 6. The number of methoxy groups -OCH3 is 1. The van der Waals surface area contributed by atoms with Crippen molar-refractivity contribution in [3.63, 3.8) is 0 Å². The lowest BCUT2D eigenvalue weighted by Gasteiger charge is -2.22. The number of amides is 1. The molecule has 0 saturated heterocycles. The first kappa shape index (κ1) is 24.0. The molecule has 0 aliphatic heterocycles. The third-order valence-corrected chi connectivity index (χ3v) is 6.04. The lowest BCUT2D eigenvalue weighted by atomic mass is 10.2. The third-order valence-electron chi connectivity index (χ3n) is 3.97. The number of nitrogens with one attached hydrogen (secondary N) is 1. The van der Waals surface area contributed by atoms with Gasteiger partial charge in [0.1, 0.15) is 12.3 Å². The molecule has 8 nitrogen and oxygen atoms in total. The summed E-state index contributed by atoms with van der Waals surface area (Å²) in [5, 5.41) is 4.13. The maximum atomic E-state index is 12.3. The second-order valence-electron chi connectivity index (χ2n) is 6.49. The maximum absolute atomic E-state index is 12.3. The summed E-state index contributed by atoms with van der Waals surface area (Å²) in [4.78, 5) is 14.2. The molecule has 0 atom stereocenters. The van der Waals surface area contributed by atoms with Crippen molar-refractivity contribution >= 4 is 61.1 Å². The summed E-state index contributed by atoms with van der Waals surface area (Å²) in [5.41, 5.74) is 4.34. The lowest BCUT2D eigenvalue weighted by molar-refractivity contribution is -0.119. The van der Waals surface area contributed by atoms with Crippen LogP contribution in [-0.2, 0) is 14.8 Å². The predicted octanol–water partition coefficient (Wildman–Crippen LogP) is 3.09. The molecule has 0 bridgehead atoms. The Morgan fingerprint density at radius 1 is 1.27 bits per heavy atom. The molecular formula is C19H22BrClN4O4S. The van der Waals surface area contributed by atoms with E-state index in [1.807, 2.05) is 37.2 Å². The molecule has 11 heteroatoms. The molecule has 0 radical (unpaired) electrons. The molecule has 0 aromatic heterocycles. The molecule has 0 aliphatic rings. The standard InChI is InChI=1S/C19H22BrClN4O4S/c1-24(2)17-7-5-13(9-15(17)20)11-22-23-19(26)12-25(30(4,27)28)14-6-8-18(29-3)16(21)10-14/h5-11H,12H2,1-4H3,(H,23,26)/b22-11-. The van der Waals surface area contributed by atoms with Crippen molar-refractivity contribution in [1.82, 2.24) is 5.43 Å². The highest BCUT2D eigenvalue weighted by Crippen LogP contribution is 2.30. The molecule has 162 valence electrons. The monoisotopic (exact) mass is 516 g/mol. The topological polar surface area (TPSA) is 91.3 Å². The van der Waals surface area contributed by atoms with Crippen LogP contribution < -0.4 is 19.4 Å². The zero-order chi connectivity index (χ0) is 22.5. The molecule has 0 unspecified atom stereocenters. The minimum atomic E-state index is -3.73. The molecule has 2 rings (SSSR count). The summed E-state index contributed by atoms with van der Waals surface area (Å²) in [7, 11) is 1.57. The van der Waals surface area contributed by atoms with Crippen LogP contribution in [0.25, 0.3) is 0 Å². The summed E-state index contributed by atoms with van der Waals surface area (Å²) < 4.78 is 31.2. The van der Waals surface area contributed by atoms with Gasteiger partial charge in [-0.3, -0.25) is 9.10 Å². The van der Waals surface area contributed by atoms with Gasteiger partial charge in [-0.15, -0.1) is 0 Å². The van der Waals surface area contributed by atoms with Gasteiger partial charge in [0.05, 0.1) is 36.0 Å². The third kappa shape index (κ3) is 6.35. The molecule has 0 aliphatic carbocycles. The van der Waals surface area contributed by atoms with Gasteiger partial charge in [-0.2, -0.15) is 5.10 Å². The van der Waals surface area contributed by atoms with Crippen LogP contribution in [0.3, 0.4) is 0 Å². The fourth-order valence-electron chi connectivity index (χ4n) is 2.52. The van der Waals surface area contributed by atoms with Crippen molar-refractivity contribution < 1.29 is 17.9 Å². The Kier molecular flexibility index (Phi) is 8.10. The Labute approximate surface area is 189 Å². The number of nitrogens with zero attached hydrogens (tertiary/aromatic N) is 3. The van der Waals surface area contributed by atoms with Crippen molar-refractivity contribution in [2.75, 3.05) is 43.2 Å². The number of anilines is 2. The molecule has 0 fully saturated rings. The van der Waals surface area contributed by atoms with Crippen LogP contribution in [0.15, 0.2) is 46.0 Å². The number of rotatable bonds is 8. The SMILES string of the molecule is COc1ccc(N(CC(=O)N/N=C\c2ccc(N(C)C)c(Br)c2)S(C)(=O)=O)cc1Cl. The number of hydrazone groups is 1. The van der Waals surface area contributed by atoms with E-state index in [9.17, 15) is 13.2 Å². The molecule has 1 N–H and O–H groups in total. The largest absolute Gasteiger partial charge is 0.495 e. The minimum absolute atomic E-state index is 0.230. The number of benzene rings is 2. The molecule has 0 heterocycles. The van der Waals surface area contributed by atoms with E-state index in [4.69, 9.17) is 16.3 Å². The maximum Gasteiger partial charge on any atom is 0.260 e. The molecule has 0 saturated carbocycles. The van der Waals surface area contributed by atoms with Crippen LogP contribution >= 0.6 is 27.5 Å². The van der Waals surface area contributed by atoms with E-state index >= 15 is 0 Å². The number of sulfonamides is 1. The zero-order valence-corrected chi connectivity index (χ0v) is 20.0. The van der Waals surface area contributed by atoms with E-state index in [0.29, 0.717) is 5.75 Å². The molecular weight excluding hydrogens is 496 g/mol. The van der Waals surface area contributed by atoms with Crippen LogP contribution in [0, 0.1) is 0 Å². The highest BCUT2D eigenvalue weighted by molar-refractivity contribution is 9.10. The summed E-state index contributed by atoms with van der Waals surface area (Å²) in [5.74, 6) is -0.207. The first-order valence-electron chi connectivity index (χ1n) is 8.63. The Morgan fingerprint density at radius 3 is 2.50 bits per heavy atom. The quantitative estimate of drug-likeness (QED) is 0.429. The Morgan fingerprint density at radius 2 is 1.97 bits per heavy atom. The van der Waals surface area contributed by atoms with Crippen molar-refractivity contribution in [3.8, 4) is 5.75 Å². The van der Waals surface area contributed by atoms with Crippen molar-refractivity contribution in [2.24, 2.45) is 5.10 Å². The van der Waals surface area contributed by atoms with Crippen molar-refractivity contribution in [3.05, 3.63) is 51.5 Å². The van der Waals surface area contributed by atoms with Crippen LogP contribution in [0.5, 0.6) is 5.75 Å². The van der Waals surface area contributed by atoms with Gasteiger partial charge < -0.3 is 9.64 Å². The van der Waals surface area contributed by atoms with E-state index in [1.54, 1.807) is 0 Å². The van der Waals surface area contributed by atoms with Crippen LogP contribution in [0.1, 0.15) is 5.56 Å². The fourth-order valence-corrected chi connectivity index (χ4v) is 4.37. The number of carbonyl (C=O) groups excluding carboxylic acids is 1. The number of halogens is 2. The van der Waals surface area contributed by atoms with E-state index in [1.165, 1.54) is 31.5 Å². The average molecular weight is 518 g/mol. The first-order chi connectivity index (χ1) is 14.0. The van der Waals surface area contributed by atoms with Gasteiger partial charge in [-0.05, 0) is 51.8 Å². The Balaban J connectivity index is 2.11. The number of carbonyl (C=O) groups is 1. The van der Waals surface area contributed by atoms with Crippen molar-refractivity contribution in [2.45, 2.75) is 0 Å². The molecule has 2 aromatic rings. The summed E-state index contributed by atoms with van der Waals surface area (Å²) in [6.45, 7) is -0.456. The second kappa shape index (κ2) is 10.1.